The number of nitrogens with one attached hydrogen (secondary N) is 2. The SMILES string of the molecule is Cc1cc(-c2cc(C)c(Oc3cccc(NC(=O)C=CCC(=O)O)c3C(F)(F)F)c(C)c2)cc(C)c1Oc1cccc(NC(=O)C=CCC(=O)O)c1C(F)(F)F. The summed E-state index contributed by atoms with van der Waals surface area (Å²) in [6.07, 6.45) is -7.36. The Morgan fingerprint density at radius 1 is 0.589 bits per heavy atom. The van der Waals surface area contributed by atoms with Gasteiger partial charge in [-0.25, -0.2) is 0 Å². The number of ether oxygens (including phenoxy) is 2. The molecular formula is C40H34F6N2O8. The first-order valence-electron chi connectivity index (χ1n) is 16.5. The third kappa shape index (κ3) is 10.8. The van der Waals surface area contributed by atoms with Crippen molar-refractivity contribution in [3.63, 3.8) is 0 Å². The quantitative estimate of drug-likeness (QED) is 0.0773. The minimum Gasteiger partial charge on any atom is -0.481 e. The Bertz CT molecular complexity index is 2040. The number of carboxylic acid groups (broad SMARTS) is 2. The van der Waals surface area contributed by atoms with Gasteiger partial charge < -0.3 is 30.3 Å². The van der Waals surface area contributed by atoms with Gasteiger partial charge in [0.1, 0.15) is 34.1 Å². The van der Waals surface area contributed by atoms with E-state index < -0.39 is 82.9 Å². The lowest BCUT2D eigenvalue weighted by Crippen LogP contribution is -2.16. The molecule has 0 aliphatic heterocycles. The molecule has 0 aromatic heterocycles. The fourth-order valence-electron chi connectivity index (χ4n) is 5.68. The zero-order valence-electron chi connectivity index (χ0n) is 30.1. The van der Waals surface area contributed by atoms with Gasteiger partial charge in [-0.3, -0.25) is 19.2 Å². The molecule has 0 saturated carbocycles. The zero-order valence-corrected chi connectivity index (χ0v) is 30.1. The summed E-state index contributed by atoms with van der Waals surface area (Å²) in [4.78, 5) is 45.9. The Balaban J connectivity index is 1.65. The molecule has 0 fully saturated rings. The van der Waals surface area contributed by atoms with Gasteiger partial charge in [0, 0.05) is 0 Å². The second-order valence-corrected chi connectivity index (χ2v) is 12.4. The van der Waals surface area contributed by atoms with Gasteiger partial charge in [0.25, 0.3) is 0 Å². The summed E-state index contributed by atoms with van der Waals surface area (Å²) in [6.45, 7) is 6.45. The Morgan fingerprint density at radius 2 is 0.911 bits per heavy atom. The van der Waals surface area contributed by atoms with Gasteiger partial charge >= 0.3 is 24.3 Å². The zero-order chi connectivity index (χ0) is 41.5. The van der Waals surface area contributed by atoms with Crippen molar-refractivity contribution in [1.82, 2.24) is 0 Å². The van der Waals surface area contributed by atoms with Gasteiger partial charge in [-0.15, -0.1) is 0 Å². The number of halogens is 6. The maximum absolute atomic E-state index is 14.3. The lowest BCUT2D eigenvalue weighted by atomic mass is 9.96. The van der Waals surface area contributed by atoms with Crippen LogP contribution in [0.2, 0.25) is 0 Å². The molecule has 4 rings (SSSR count). The molecule has 0 aliphatic rings. The highest BCUT2D eigenvalue weighted by Crippen LogP contribution is 2.46. The average molecular weight is 785 g/mol. The Kier molecular flexibility index (Phi) is 13.0. The van der Waals surface area contributed by atoms with E-state index in [1.807, 2.05) is 0 Å². The molecule has 0 heterocycles. The normalized spacial score (nSPS) is 11.8. The molecule has 56 heavy (non-hydrogen) atoms. The van der Waals surface area contributed by atoms with E-state index in [2.05, 4.69) is 10.6 Å². The molecule has 0 spiro atoms. The van der Waals surface area contributed by atoms with Crippen LogP contribution in [0.25, 0.3) is 11.1 Å². The molecule has 4 aromatic rings. The number of benzene rings is 4. The van der Waals surface area contributed by atoms with E-state index in [9.17, 15) is 45.5 Å². The van der Waals surface area contributed by atoms with Crippen molar-refractivity contribution >= 4 is 35.1 Å². The van der Waals surface area contributed by atoms with Gasteiger partial charge in [-0.1, -0.05) is 24.3 Å². The fourth-order valence-corrected chi connectivity index (χ4v) is 5.68. The van der Waals surface area contributed by atoms with Crippen LogP contribution in [0.5, 0.6) is 23.0 Å². The van der Waals surface area contributed by atoms with Crippen molar-refractivity contribution in [2.45, 2.75) is 52.9 Å². The number of carbonyl (C=O) groups is 4. The van der Waals surface area contributed by atoms with Crippen molar-refractivity contribution in [3.05, 3.63) is 118 Å². The van der Waals surface area contributed by atoms with Crippen LogP contribution in [-0.4, -0.2) is 34.0 Å². The van der Waals surface area contributed by atoms with Gasteiger partial charge in [0.15, 0.2) is 0 Å². The molecule has 10 nitrogen and oxygen atoms in total. The molecule has 0 radical (unpaired) electrons. The largest absolute Gasteiger partial charge is 0.481 e. The van der Waals surface area contributed by atoms with E-state index in [1.54, 1.807) is 52.0 Å². The highest BCUT2D eigenvalue weighted by atomic mass is 19.4. The number of hydrogen-bond acceptors (Lipinski definition) is 6. The number of hydrogen-bond donors (Lipinski definition) is 4. The maximum Gasteiger partial charge on any atom is 0.421 e. The van der Waals surface area contributed by atoms with Crippen molar-refractivity contribution in [2.24, 2.45) is 0 Å². The minimum absolute atomic E-state index is 0.0986. The summed E-state index contributed by atoms with van der Waals surface area (Å²) in [6, 6.07) is 13.4. The Hall–Kier alpha value is -6.58. The number of carbonyl (C=O) groups excluding carboxylic acids is 2. The molecule has 0 saturated heterocycles. The summed E-state index contributed by atoms with van der Waals surface area (Å²) in [5.74, 6) is -5.42. The number of aryl methyl sites for hydroxylation is 4. The molecule has 294 valence electrons. The number of aliphatic carboxylic acids is 2. The number of alkyl halides is 6. The van der Waals surface area contributed by atoms with Crippen LogP contribution in [-0.2, 0) is 31.5 Å². The predicted molar refractivity (Wildman–Crippen MR) is 194 cm³/mol. The first-order chi connectivity index (χ1) is 26.1. The second-order valence-electron chi connectivity index (χ2n) is 12.4. The summed E-state index contributed by atoms with van der Waals surface area (Å²) in [7, 11) is 0. The fraction of sp³-hybridized carbons (Fsp3) is 0.200. The summed E-state index contributed by atoms with van der Waals surface area (Å²) >= 11 is 0. The third-order valence-corrected chi connectivity index (χ3v) is 7.94. The van der Waals surface area contributed by atoms with E-state index in [0.29, 0.717) is 33.4 Å². The molecular weight excluding hydrogens is 750 g/mol. The van der Waals surface area contributed by atoms with Crippen LogP contribution >= 0.6 is 0 Å². The first-order valence-corrected chi connectivity index (χ1v) is 16.5. The molecule has 0 aliphatic carbocycles. The van der Waals surface area contributed by atoms with Crippen LogP contribution in [0, 0.1) is 27.7 Å². The van der Waals surface area contributed by atoms with Gasteiger partial charge in [0.2, 0.25) is 11.8 Å². The second kappa shape index (κ2) is 17.3. The average Bonchev–Trinajstić information content (AvgIpc) is 3.06. The number of carboxylic acids is 2. The molecule has 0 unspecified atom stereocenters. The van der Waals surface area contributed by atoms with E-state index in [4.69, 9.17) is 19.7 Å². The Morgan fingerprint density at radius 3 is 1.20 bits per heavy atom. The van der Waals surface area contributed by atoms with Crippen LogP contribution in [0.15, 0.2) is 85.0 Å². The number of rotatable bonds is 13. The molecule has 4 N–H and O–H groups in total. The summed E-state index contributed by atoms with van der Waals surface area (Å²) in [5.41, 5.74) is -0.810. The molecule has 0 bridgehead atoms. The standard InChI is InChI=1S/C40H34F6N2O8/c1-21-17-25(18-22(2)37(21)55-29-11-5-9-27(35(29)39(41,42)43)47-31(49)13-7-15-33(51)52)26-19-23(3)38(24(4)20-26)56-30-12-6-10-28(36(30)40(44,45)46)48-32(50)14-8-16-34(53)54/h5-14,17-20H,15-16H2,1-4H3,(H,47,49)(H,48,50)(H,51,52)(H,53,54). The monoisotopic (exact) mass is 784 g/mol. The summed E-state index contributed by atoms with van der Waals surface area (Å²) < 4.78 is 97.7. The lowest BCUT2D eigenvalue weighted by Gasteiger charge is -2.21. The maximum atomic E-state index is 14.3. The predicted octanol–water partition coefficient (Wildman–Crippen LogP) is 10.1. The molecule has 2 amide bonds. The van der Waals surface area contributed by atoms with E-state index in [1.165, 1.54) is 12.1 Å². The minimum atomic E-state index is -4.97. The lowest BCUT2D eigenvalue weighted by molar-refractivity contribution is -0.138. The summed E-state index contributed by atoms with van der Waals surface area (Å²) in [5, 5.41) is 21.7. The van der Waals surface area contributed by atoms with Crippen molar-refractivity contribution in [3.8, 4) is 34.1 Å². The van der Waals surface area contributed by atoms with E-state index >= 15 is 0 Å². The molecule has 4 aromatic carbocycles. The van der Waals surface area contributed by atoms with Crippen LogP contribution < -0.4 is 20.1 Å². The van der Waals surface area contributed by atoms with Gasteiger partial charge in [-0.2, -0.15) is 26.3 Å². The molecule has 0 atom stereocenters. The van der Waals surface area contributed by atoms with Crippen LogP contribution in [0.1, 0.15) is 46.2 Å². The topological polar surface area (TPSA) is 151 Å². The van der Waals surface area contributed by atoms with Gasteiger partial charge in [-0.05, 0) is 122 Å². The third-order valence-electron chi connectivity index (χ3n) is 7.94. The van der Waals surface area contributed by atoms with E-state index in [0.717, 1.165) is 48.6 Å². The van der Waals surface area contributed by atoms with Crippen LogP contribution in [0.4, 0.5) is 37.7 Å². The first kappa shape index (κ1) is 42.2. The molecule has 16 heteroatoms. The number of anilines is 2. The van der Waals surface area contributed by atoms with Gasteiger partial charge in [0.05, 0.1) is 24.2 Å². The highest BCUT2D eigenvalue weighted by molar-refractivity contribution is 6.01. The highest BCUT2D eigenvalue weighted by Gasteiger charge is 2.39. The van der Waals surface area contributed by atoms with Crippen LogP contribution in [0.3, 0.4) is 0 Å². The smallest absolute Gasteiger partial charge is 0.421 e. The van der Waals surface area contributed by atoms with Crippen molar-refractivity contribution in [1.29, 1.82) is 0 Å². The van der Waals surface area contributed by atoms with E-state index in [-0.39, 0.29) is 11.5 Å². The Labute approximate surface area is 316 Å². The number of amides is 2. The van der Waals surface area contributed by atoms with Crippen molar-refractivity contribution < 1.29 is 65.2 Å². The van der Waals surface area contributed by atoms with Crippen molar-refractivity contribution in [2.75, 3.05) is 10.6 Å².